The second-order valence-corrected chi connectivity index (χ2v) is 6.41. The molecule has 0 aromatic carbocycles. The third kappa shape index (κ3) is 3.68. The maximum Gasteiger partial charge on any atom is 0.0575 e. The van der Waals surface area contributed by atoms with Crippen molar-refractivity contribution in [2.24, 2.45) is 11.8 Å². The first-order valence-electron chi connectivity index (χ1n) is 6.53. The Kier molecular flexibility index (Phi) is 4.41. The number of aryl methyl sites for hydroxylation is 1. The van der Waals surface area contributed by atoms with Gasteiger partial charge in [-0.3, -0.25) is 0 Å². The van der Waals surface area contributed by atoms with Gasteiger partial charge in [0.2, 0.25) is 0 Å². The highest BCUT2D eigenvalue weighted by Crippen LogP contribution is 2.31. The van der Waals surface area contributed by atoms with E-state index in [-0.39, 0.29) is 6.10 Å². The summed E-state index contributed by atoms with van der Waals surface area (Å²) in [6.07, 6.45) is 6.36. The van der Waals surface area contributed by atoms with Crippen LogP contribution in [0, 0.1) is 11.8 Å². The van der Waals surface area contributed by atoms with Gasteiger partial charge in [0.25, 0.3) is 0 Å². The Morgan fingerprint density at radius 2 is 2.35 bits per heavy atom. The lowest BCUT2D eigenvalue weighted by molar-refractivity contribution is 0.0855. The van der Waals surface area contributed by atoms with E-state index in [2.05, 4.69) is 37.4 Å². The molecule has 2 heteroatoms. The molecule has 2 rings (SSSR count). The monoisotopic (exact) mass is 250 g/mol. The van der Waals surface area contributed by atoms with E-state index in [1.54, 1.807) is 11.3 Å². The Bertz CT molecular complexity index is 366. The molecule has 3 unspecified atom stereocenters. The summed E-state index contributed by atoms with van der Waals surface area (Å²) in [5.41, 5.74) is 1.45. The van der Waals surface area contributed by atoms with Crippen molar-refractivity contribution in [3.05, 3.63) is 34.0 Å². The number of thiophene rings is 1. The fourth-order valence-corrected chi connectivity index (χ4v) is 3.59. The molecule has 0 amide bonds. The summed E-state index contributed by atoms with van der Waals surface area (Å²) in [4.78, 5) is 1.39. The first kappa shape index (κ1) is 12.8. The predicted octanol–water partition coefficient (Wildman–Crippen LogP) is 4.03. The van der Waals surface area contributed by atoms with E-state index in [4.69, 9.17) is 0 Å². The summed E-state index contributed by atoms with van der Waals surface area (Å²) in [5, 5.41) is 12.4. The van der Waals surface area contributed by atoms with Crippen molar-refractivity contribution in [2.45, 2.75) is 45.6 Å². The molecule has 3 atom stereocenters. The van der Waals surface area contributed by atoms with Crippen LogP contribution in [0.25, 0.3) is 0 Å². The van der Waals surface area contributed by atoms with E-state index in [9.17, 15) is 5.11 Å². The molecule has 0 spiro atoms. The number of rotatable bonds is 4. The topological polar surface area (TPSA) is 20.2 Å². The second-order valence-electron chi connectivity index (χ2n) is 5.38. The minimum Gasteiger partial charge on any atom is -0.393 e. The third-order valence-corrected chi connectivity index (χ3v) is 4.57. The molecule has 0 saturated heterocycles. The summed E-state index contributed by atoms with van der Waals surface area (Å²) in [5.74, 6) is 1.10. The van der Waals surface area contributed by atoms with Crippen molar-refractivity contribution in [2.75, 3.05) is 0 Å². The van der Waals surface area contributed by atoms with E-state index in [1.807, 2.05) is 0 Å². The SMILES string of the molecule is CC1=CC(C)CC(C(O)CCc2cccs2)C1. The van der Waals surface area contributed by atoms with Crippen LogP contribution in [0.15, 0.2) is 29.2 Å². The van der Waals surface area contributed by atoms with Gasteiger partial charge in [-0.25, -0.2) is 0 Å². The summed E-state index contributed by atoms with van der Waals surface area (Å²) in [7, 11) is 0. The van der Waals surface area contributed by atoms with Crippen LogP contribution in [-0.4, -0.2) is 11.2 Å². The molecule has 0 bridgehead atoms. The van der Waals surface area contributed by atoms with Crippen molar-refractivity contribution in [1.29, 1.82) is 0 Å². The third-order valence-electron chi connectivity index (χ3n) is 3.64. The lowest BCUT2D eigenvalue weighted by Crippen LogP contribution is -2.25. The van der Waals surface area contributed by atoms with E-state index in [1.165, 1.54) is 10.5 Å². The second kappa shape index (κ2) is 5.83. The summed E-state index contributed by atoms with van der Waals surface area (Å²) < 4.78 is 0. The highest BCUT2D eigenvalue weighted by Gasteiger charge is 2.24. The normalized spacial score (nSPS) is 26.6. The zero-order valence-electron chi connectivity index (χ0n) is 10.7. The summed E-state index contributed by atoms with van der Waals surface area (Å²) in [6, 6.07) is 4.24. The molecule has 1 N–H and O–H groups in total. The van der Waals surface area contributed by atoms with Crippen LogP contribution < -0.4 is 0 Å². The smallest absolute Gasteiger partial charge is 0.0575 e. The van der Waals surface area contributed by atoms with Crippen molar-refractivity contribution < 1.29 is 5.11 Å². The van der Waals surface area contributed by atoms with Crippen molar-refractivity contribution in [3.63, 3.8) is 0 Å². The average Bonchev–Trinajstić information content (AvgIpc) is 2.77. The summed E-state index contributed by atoms with van der Waals surface area (Å²) >= 11 is 1.79. The molecule has 94 valence electrons. The van der Waals surface area contributed by atoms with Gasteiger partial charge in [0.15, 0.2) is 0 Å². The minimum absolute atomic E-state index is 0.136. The molecule has 17 heavy (non-hydrogen) atoms. The Labute approximate surface area is 108 Å². The number of aliphatic hydroxyl groups excluding tert-OH is 1. The van der Waals surface area contributed by atoms with Gasteiger partial charge in [-0.2, -0.15) is 0 Å². The summed E-state index contributed by atoms with van der Waals surface area (Å²) in [6.45, 7) is 4.44. The van der Waals surface area contributed by atoms with Crippen molar-refractivity contribution in [3.8, 4) is 0 Å². The predicted molar refractivity (Wildman–Crippen MR) is 74.3 cm³/mol. The van der Waals surface area contributed by atoms with Gasteiger partial charge < -0.3 is 5.11 Å². The maximum absolute atomic E-state index is 10.3. The molecule has 0 fully saturated rings. The zero-order valence-corrected chi connectivity index (χ0v) is 11.5. The fraction of sp³-hybridized carbons (Fsp3) is 0.600. The molecule has 1 aliphatic rings. The van der Waals surface area contributed by atoms with Crippen molar-refractivity contribution >= 4 is 11.3 Å². The zero-order chi connectivity index (χ0) is 12.3. The van der Waals surface area contributed by atoms with Gasteiger partial charge in [-0.1, -0.05) is 24.6 Å². The number of hydrogen-bond acceptors (Lipinski definition) is 2. The maximum atomic E-state index is 10.3. The lowest BCUT2D eigenvalue weighted by atomic mass is 9.79. The number of aliphatic hydroxyl groups is 1. The molecule has 0 aliphatic heterocycles. The molecule has 1 aliphatic carbocycles. The van der Waals surface area contributed by atoms with E-state index in [0.717, 1.165) is 25.7 Å². The first-order valence-corrected chi connectivity index (χ1v) is 7.41. The quantitative estimate of drug-likeness (QED) is 0.800. The van der Waals surface area contributed by atoms with Crippen LogP contribution >= 0.6 is 11.3 Å². The minimum atomic E-state index is -0.136. The lowest BCUT2D eigenvalue weighted by Gasteiger charge is -2.29. The van der Waals surface area contributed by atoms with Crippen LogP contribution in [0.2, 0.25) is 0 Å². The van der Waals surface area contributed by atoms with E-state index < -0.39 is 0 Å². The van der Waals surface area contributed by atoms with Crippen LogP contribution in [0.1, 0.15) is 38.0 Å². The standard InChI is InChI=1S/C15H22OS/c1-11-8-12(2)10-13(9-11)15(16)6-5-14-4-3-7-17-14/h3-4,7-8,11,13,15-16H,5-6,9-10H2,1-2H3. The molecule has 1 heterocycles. The van der Waals surface area contributed by atoms with Crippen LogP contribution in [-0.2, 0) is 6.42 Å². The van der Waals surface area contributed by atoms with Gasteiger partial charge in [-0.05, 0) is 55.9 Å². The Hall–Kier alpha value is -0.600. The van der Waals surface area contributed by atoms with Gasteiger partial charge in [-0.15, -0.1) is 11.3 Å². The fourth-order valence-electron chi connectivity index (χ4n) is 2.87. The van der Waals surface area contributed by atoms with Crippen LogP contribution in [0.4, 0.5) is 0 Å². The van der Waals surface area contributed by atoms with E-state index in [0.29, 0.717) is 11.8 Å². The van der Waals surface area contributed by atoms with Crippen molar-refractivity contribution in [1.82, 2.24) is 0 Å². The molecule has 0 saturated carbocycles. The number of hydrogen-bond donors (Lipinski definition) is 1. The van der Waals surface area contributed by atoms with Crippen LogP contribution in [0.5, 0.6) is 0 Å². The highest BCUT2D eigenvalue weighted by atomic mass is 32.1. The van der Waals surface area contributed by atoms with Gasteiger partial charge in [0.05, 0.1) is 6.10 Å². The largest absolute Gasteiger partial charge is 0.393 e. The molecular formula is C15H22OS. The Morgan fingerprint density at radius 1 is 1.53 bits per heavy atom. The first-order chi connectivity index (χ1) is 8.15. The van der Waals surface area contributed by atoms with Gasteiger partial charge in [0, 0.05) is 4.88 Å². The molecule has 0 radical (unpaired) electrons. The molecular weight excluding hydrogens is 228 g/mol. The Morgan fingerprint density at radius 3 is 3.00 bits per heavy atom. The van der Waals surface area contributed by atoms with Gasteiger partial charge in [0.1, 0.15) is 0 Å². The van der Waals surface area contributed by atoms with Gasteiger partial charge >= 0.3 is 0 Å². The van der Waals surface area contributed by atoms with Crippen LogP contribution in [0.3, 0.4) is 0 Å². The van der Waals surface area contributed by atoms with E-state index >= 15 is 0 Å². The number of allylic oxidation sites excluding steroid dienone is 2. The molecule has 1 aromatic heterocycles. The molecule has 1 nitrogen and oxygen atoms in total. The Balaban J connectivity index is 1.84. The highest BCUT2D eigenvalue weighted by molar-refractivity contribution is 7.09. The molecule has 1 aromatic rings. The average molecular weight is 250 g/mol.